The normalized spacial score (nSPS) is 12.7. The number of hydrogen-bond donors (Lipinski definition) is 1. The highest BCUT2D eigenvalue weighted by atomic mass is 16.5. The first-order valence-electron chi connectivity index (χ1n) is 7.03. The third kappa shape index (κ3) is 5.09. The lowest BCUT2D eigenvalue weighted by Gasteiger charge is -2.21. The van der Waals surface area contributed by atoms with Crippen molar-refractivity contribution < 1.29 is 4.74 Å². The Bertz CT molecular complexity index is 336. The molecule has 0 aliphatic carbocycles. The van der Waals surface area contributed by atoms with Crippen LogP contribution in [-0.4, -0.2) is 19.7 Å². The van der Waals surface area contributed by atoms with E-state index >= 15 is 0 Å². The predicted molar refractivity (Wildman–Crippen MR) is 78.2 cm³/mol. The Hall–Kier alpha value is -1.02. The van der Waals surface area contributed by atoms with E-state index in [1.165, 1.54) is 18.4 Å². The maximum absolute atomic E-state index is 5.25. The van der Waals surface area contributed by atoms with Gasteiger partial charge >= 0.3 is 0 Å². The molecule has 0 bridgehead atoms. The van der Waals surface area contributed by atoms with Gasteiger partial charge in [0.25, 0.3) is 0 Å². The number of hydrogen-bond acceptors (Lipinski definition) is 2. The van der Waals surface area contributed by atoms with Gasteiger partial charge in [0.15, 0.2) is 0 Å². The largest absolute Gasteiger partial charge is 0.497 e. The van der Waals surface area contributed by atoms with E-state index in [1.807, 2.05) is 6.07 Å². The number of aryl methyl sites for hydroxylation is 1. The topological polar surface area (TPSA) is 21.3 Å². The number of ether oxygens (including phenoxy) is 1. The number of nitrogens with one attached hydrogen (secondary N) is 1. The average Bonchev–Trinajstić information content (AvgIpc) is 2.38. The lowest BCUT2D eigenvalue weighted by Crippen LogP contribution is -2.33. The lowest BCUT2D eigenvalue weighted by molar-refractivity contribution is 0.377. The summed E-state index contributed by atoms with van der Waals surface area (Å²) in [5.74, 6) is 1.66. The zero-order valence-electron chi connectivity index (χ0n) is 12.2. The Morgan fingerprint density at radius 1 is 1.28 bits per heavy atom. The van der Waals surface area contributed by atoms with Gasteiger partial charge in [-0.15, -0.1) is 0 Å². The molecule has 18 heavy (non-hydrogen) atoms. The molecule has 2 nitrogen and oxygen atoms in total. The predicted octanol–water partition coefficient (Wildman–Crippen LogP) is 3.65. The first-order valence-corrected chi connectivity index (χ1v) is 7.03. The smallest absolute Gasteiger partial charge is 0.119 e. The number of benzene rings is 1. The molecule has 0 saturated carbocycles. The van der Waals surface area contributed by atoms with Crippen LogP contribution in [0.1, 0.15) is 39.2 Å². The van der Waals surface area contributed by atoms with E-state index in [9.17, 15) is 0 Å². The Labute approximate surface area is 112 Å². The molecule has 1 rings (SSSR count). The summed E-state index contributed by atoms with van der Waals surface area (Å²) in [6, 6.07) is 9.02. The minimum absolute atomic E-state index is 0.639. The second-order valence-corrected chi connectivity index (χ2v) is 5.15. The van der Waals surface area contributed by atoms with Gasteiger partial charge in [-0.2, -0.15) is 0 Å². The fraction of sp³-hybridized carbons (Fsp3) is 0.625. The van der Waals surface area contributed by atoms with Crippen molar-refractivity contribution in [2.45, 2.75) is 46.1 Å². The molecule has 0 amide bonds. The van der Waals surface area contributed by atoms with Gasteiger partial charge in [0.2, 0.25) is 0 Å². The molecule has 0 radical (unpaired) electrons. The van der Waals surface area contributed by atoms with Crippen molar-refractivity contribution in [3.63, 3.8) is 0 Å². The summed E-state index contributed by atoms with van der Waals surface area (Å²) in [5.41, 5.74) is 1.37. The van der Waals surface area contributed by atoms with Crippen molar-refractivity contribution in [3.05, 3.63) is 29.8 Å². The van der Waals surface area contributed by atoms with Crippen LogP contribution in [0.3, 0.4) is 0 Å². The van der Waals surface area contributed by atoms with Crippen LogP contribution in [0.2, 0.25) is 0 Å². The Morgan fingerprint density at radius 2 is 2.06 bits per heavy atom. The van der Waals surface area contributed by atoms with Crippen LogP contribution in [0, 0.1) is 5.92 Å². The van der Waals surface area contributed by atoms with Crippen molar-refractivity contribution in [1.82, 2.24) is 5.32 Å². The summed E-state index contributed by atoms with van der Waals surface area (Å²) < 4.78 is 5.25. The summed E-state index contributed by atoms with van der Waals surface area (Å²) >= 11 is 0. The molecule has 1 N–H and O–H groups in total. The van der Waals surface area contributed by atoms with E-state index in [2.05, 4.69) is 44.3 Å². The fourth-order valence-corrected chi connectivity index (χ4v) is 2.29. The van der Waals surface area contributed by atoms with Crippen LogP contribution in [0.4, 0.5) is 0 Å². The SMILES string of the molecule is CCNC(CCCc1cccc(OC)c1)C(C)C. The highest BCUT2D eigenvalue weighted by Gasteiger charge is 2.11. The van der Waals surface area contributed by atoms with Crippen LogP contribution in [0.25, 0.3) is 0 Å². The van der Waals surface area contributed by atoms with Gasteiger partial charge < -0.3 is 10.1 Å². The average molecular weight is 249 g/mol. The monoisotopic (exact) mass is 249 g/mol. The van der Waals surface area contributed by atoms with Crippen LogP contribution in [0.15, 0.2) is 24.3 Å². The minimum Gasteiger partial charge on any atom is -0.497 e. The van der Waals surface area contributed by atoms with E-state index in [4.69, 9.17) is 4.74 Å². The van der Waals surface area contributed by atoms with Crippen molar-refractivity contribution in [2.24, 2.45) is 5.92 Å². The lowest BCUT2D eigenvalue weighted by atomic mass is 9.97. The van der Waals surface area contributed by atoms with Gasteiger partial charge in [0.1, 0.15) is 5.75 Å². The van der Waals surface area contributed by atoms with Crippen molar-refractivity contribution in [3.8, 4) is 5.75 Å². The van der Waals surface area contributed by atoms with Crippen LogP contribution < -0.4 is 10.1 Å². The van der Waals surface area contributed by atoms with E-state index in [-0.39, 0.29) is 0 Å². The second-order valence-electron chi connectivity index (χ2n) is 5.15. The molecule has 102 valence electrons. The molecule has 1 aromatic carbocycles. The molecule has 1 aromatic rings. The van der Waals surface area contributed by atoms with Crippen LogP contribution in [-0.2, 0) is 6.42 Å². The van der Waals surface area contributed by atoms with Gasteiger partial charge in [-0.05, 0) is 49.4 Å². The first kappa shape index (κ1) is 15.0. The molecule has 0 aliphatic heterocycles. The summed E-state index contributed by atoms with van der Waals surface area (Å²) in [6.07, 6.45) is 3.59. The van der Waals surface area contributed by atoms with E-state index in [0.29, 0.717) is 12.0 Å². The quantitative estimate of drug-likeness (QED) is 0.759. The molecule has 0 aromatic heterocycles. The summed E-state index contributed by atoms with van der Waals surface area (Å²) in [5, 5.41) is 3.57. The van der Waals surface area contributed by atoms with Gasteiger partial charge in [-0.3, -0.25) is 0 Å². The molecule has 0 heterocycles. The highest BCUT2D eigenvalue weighted by Crippen LogP contribution is 2.16. The molecule has 1 atom stereocenters. The Kier molecular flexibility index (Phi) is 6.81. The zero-order valence-corrected chi connectivity index (χ0v) is 12.2. The fourth-order valence-electron chi connectivity index (χ4n) is 2.29. The maximum atomic E-state index is 5.25. The van der Waals surface area contributed by atoms with E-state index in [0.717, 1.165) is 18.7 Å². The third-order valence-corrected chi connectivity index (χ3v) is 3.39. The Balaban J connectivity index is 2.39. The molecule has 2 heteroatoms. The van der Waals surface area contributed by atoms with E-state index in [1.54, 1.807) is 7.11 Å². The molecular formula is C16H27NO. The van der Waals surface area contributed by atoms with Crippen molar-refractivity contribution >= 4 is 0 Å². The second kappa shape index (κ2) is 8.15. The summed E-state index contributed by atoms with van der Waals surface area (Å²) in [4.78, 5) is 0. The molecule has 0 fully saturated rings. The minimum atomic E-state index is 0.639. The van der Waals surface area contributed by atoms with E-state index < -0.39 is 0 Å². The molecule has 0 saturated heterocycles. The molecule has 0 aliphatic rings. The molecule has 0 spiro atoms. The highest BCUT2D eigenvalue weighted by molar-refractivity contribution is 5.28. The summed E-state index contributed by atoms with van der Waals surface area (Å²) in [6.45, 7) is 7.82. The molecule has 1 unspecified atom stereocenters. The van der Waals surface area contributed by atoms with Crippen molar-refractivity contribution in [2.75, 3.05) is 13.7 Å². The summed E-state index contributed by atoms with van der Waals surface area (Å²) in [7, 11) is 1.72. The van der Waals surface area contributed by atoms with Crippen LogP contribution >= 0.6 is 0 Å². The van der Waals surface area contributed by atoms with Gasteiger partial charge in [-0.25, -0.2) is 0 Å². The number of methoxy groups -OCH3 is 1. The zero-order chi connectivity index (χ0) is 13.4. The Morgan fingerprint density at radius 3 is 2.67 bits per heavy atom. The third-order valence-electron chi connectivity index (χ3n) is 3.39. The van der Waals surface area contributed by atoms with Gasteiger partial charge in [0, 0.05) is 6.04 Å². The number of rotatable bonds is 8. The first-order chi connectivity index (χ1) is 8.67. The van der Waals surface area contributed by atoms with Crippen LogP contribution in [0.5, 0.6) is 5.75 Å². The van der Waals surface area contributed by atoms with Gasteiger partial charge in [-0.1, -0.05) is 32.9 Å². The van der Waals surface area contributed by atoms with Crippen molar-refractivity contribution in [1.29, 1.82) is 0 Å². The van der Waals surface area contributed by atoms with Gasteiger partial charge in [0.05, 0.1) is 7.11 Å². The standard InChI is InChI=1S/C16H27NO/c1-5-17-16(13(2)3)11-7-9-14-8-6-10-15(12-14)18-4/h6,8,10,12-13,16-17H,5,7,9,11H2,1-4H3. The molecular weight excluding hydrogens is 222 g/mol. The maximum Gasteiger partial charge on any atom is 0.119 e.